The number of nitrogens with zero attached hydrogens (tertiary/aromatic N) is 2. The molecule has 0 aliphatic carbocycles. The number of hydrogen-bond acceptors (Lipinski definition) is 3. The first kappa shape index (κ1) is 17.7. The van der Waals surface area contributed by atoms with Crippen LogP contribution in [-0.2, 0) is 19.0 Å². The summed E-state index contributed by atoms with van der Waals surface area (Å²) in [5.74, 6) is 0.0529. The number of amides is 1. The first-order valence-corrected chi connectivity index (χ1v) is 9.10. The number of thioether (sulfide) groups is 1. The minimum Gasteiger partial charge on any atom is -0.321 e. The molecule has 1 N–H and O–H groups in total. The number of carbonyl (C=O) groups is 1. The zero-order valence-corrected chi connectivity index (χ0v) is 15.0. The van der Waals surface area contributed by atoms with Crippen LogP contribution in [0.3, 0.4) is 0 Å². The summed E-state index contributed by atoms with van der Waals surface area (Å²) in [5, 5.41) is 6.86. The van der Waals surface area contributed by atoms with E-state index >= 15 is 0 Å². The second-order valence-electron chi connectivity index (χ2n) is 6.12. The Bertz CT molecular complexity index is 1040. The van der Waals surface area contributed by atoms with E-state index in [0.717, 1.165) is 33.8 Å². The van der Waals surface area contributed by atoms with Gasteiger partial charge >= 0.3 is 6.18 Å². The number of aromatic nitrogens is 2. The fourth-order valence-electron chi connectivity index (χ4n) is 3.13. The maximum absolute atomic E-state index is 12.9. The number of fused-ring (bicyclic) bond motifs is 3. The molecule has 138 valence electrons. The minimum atomic E-state index is -4.47. The van der Waals surface area contributed by atoms with Crippen LogP contribution in [-0.4, -0.2) is 15.7 Å². The van der Waals surface area contributed by atoms with Crippen LogP contribution in [0.25, 0.3) is 11.3 Å². The van der Waals surface area contributed by atoms with Crippen LogP contribution in [0.1, 0.15) is 21.6 Å². The number of hydrogen-bond donors (Lipinski definition) is 1. The van der Waals surface area contributed by atoms with Crippen molar-refractivity contribution in [2.45, 2.75) is 16.8 Å². The van der Waals surface area contributed by atoms with Gasteiger partial charge in [-0.1, -0.05) is 24.3 Å². The highest BCUT2D eigenvalue weighted by Gasteiger charge is 2.31. The lowest BCUT2D eigenvalue weighted by molar-refractivity contribution is -0.137. The smallest absolute Gasteiger partial charge is 0.321 e. The molecule has 0 unspecified atom stereocenters. The summed E-state index contributed by atoms with van der Waals surface area (Å²) in [5.41, 5.74) is 2.14. The Morgan fingerprint density at radius 2 is 1.96 bits per heavy atom. The van der Waals surface area contributed by atoms with Crippen molar-refractivity contribution in [3.05, 3.63) is 65.4 Å². The standard InChI is InChI=1S/C19H14F3N3OS/c1-25-17-13-7-2-3-8-15(13)27-10-14(17)16(24-25)18(26)23-12-6-4-5-11(9-12)19(20,21)22/h2-9H,10H2,1H3,(H,23,26). The van der Waals surface area contributed by atoms with Crippen LogP contribution in [0, 0.1) is 0 Å². The van der Waals surface area contributed by atoms with Crippen molar-refractivity contribution < 1.29 is 18.0 Å². The SMILES string of the molecule is Cn1nc(C(=O)Nc2cccc(C(F)(F)F)c2)c2c1-c1ccccc1SC2. The quantitative estimate of drug-likeness (QED) is 0.674. The molecule has 0 fully saturated rings. The van der Waals surface area contributed by atoms with Gasteiger partial charge in [0.15, 0.2) is 5.69 Å². The molecule has 3 aromatic rings. The Hall–Kier alpha value is -2.74. The van der Waals surface area contributed by atoms with Crippen molar-refractivity contribution in [2.24, 2.45) is 7.05 Å². The van der Waals surface area contributed by atoms with Crippen molar-refractivity contribution >= 4 is 23.4 Å². The van der Waals surface area contributed by atoms with E-state index in [0.29, 0.717) is 5.75 Å². The third kappa shape index (κ3) is 3.21. The zero-order valence-electron chi connectivity index (χ0n) is 14.2. The van der Waals surface area contributed by atoms with E-state index in [1.807, 2.05) is 24.3 Å². The van der Waals surface area contributed by atoms with Gasteiger partial charge < -0.3 is 5.32 Å². The van der Waals surface area contributed by atoms with Gasteiger partial charge in [-0.3, -0.25) is 9.48 Å². The van der Waals surface area contributed by atoms with Crippen LogP contribution < -0.4 is 5.32 Å². The number of anilines is 1. The number of nitrogens with one attached hydrogen (secondary N) is 1. The van der Waals surface area contributed by atoms with Gasteiger partial charge in [0, 0.05) is 34.5 Å². The van der Waals surface area contributed by atoms with Crippen LogP contribution >= 0.6 is 11.8 Å². The van der Waals surface area contributed by atoms with Gasteiger partial charge in [-0.25, -0.2) is 0 Å². The molecule has 2 aromatic carbocycles. The average molecular weight is 389 g/mol. The van der Waals surface area contributed by atoms with E-state index in [1.54, 1.807) is 23.5 Å². The molecule has 8 heteroatoms. The molecule has 1 amide bonds. The normalized spacial score (nSPS) is 13.0. The molecule has 27 heavy (non-hydrogen) atoms. The average Bonchev–Trinajstić information content (AvgIpc) is 2.99. The summed E-state index contributed by atoms with van der Waals surface area (Å²) in [6.45, 7) is 0. The largest absolute Gasteiger partial charge is 0.416 e. The van der Waals surface area contributed by atoms with Gasteiger partial charge in [0.2, 0.25) is 0 Å². The third-order valence-electron chi connectivity index (χ3n) is 4.32. The van der Waals surface area contributed by atoms with E-state index in [-0.39, 0.29) is 11.4 Å². The first-order valence-electron chi connectivity index (χ1n) is 8.11. The fraction of sp³-hybridized carbons (Fsp3) is 0.158. The second-order valence-corrected chi connectivity index (χ2v) is 7.13. The Morgan fingerprint density at radius 1 is 1.19 bits per heavy atom. The summed E-state index contributed by atoms with van der Waals surface area (Å²) in [7, 11) is 1.76. The monoisotopic (exact) mass is 389 g/mol. The number of halogens is 3. The summed E-state index contributed by atoms with van der Waals surface area (Å²) in [6, 6.07) is 12.4. The molecular weight excluding hydrogens is 375 g/mol. The Kier molecular flexibility index (Phi) is 4.22. The van der Waals surface area contributed by atoms with E-state index in [4.69, 9.17) is 0 Å². The van der Waals surface area contributed by atoms with E-state index < -0.39 is 17.6 Å². The maximum Gasteiger partial charge on any atom is 0.416 e. The number of benzene rings is 2. The van der Waals surface area contributed by atoms with Crippen molar-refractivity contribution in [2.75, 3.05) is 5.32 Å². The van der Waals surface area contributed by atoms with Gasteiger partial charge in [0.1, 0.15) is 0 Å². The molecule has 2 heterocycles. The summed E-state index contributed by atoms with van der Waals surface area (Å²) in [6.07, 6.45) is -4.47. The third-order valence-corrected chi connectivity index (χ3v) is 5.42. The fourth-order valence-corrected chi connectivity index (χ4v) is 4.19. The van der Waals surface area contributed by atoms with Crippen molar-refractivity contribution in [1.82, 2.24) is 9.78 Å². The molecule has 1 aromatic heterocycles. The maximum atomic E-state index is 12.9. The summed E-state index contributed by atoms with van der Waals surface area (Å²) in [4.78, 5) is 13.8. The van der Waals surface area contributed by atoms with Gasteiger partial charge in [-0.15, -0.1) is 11.8 Å². The molecule has 0 bridgehead atoms. The highest BCUT2D eigenvalue weighted by molar-refractivity contribution is 7.98. The van der Waals surface area contributed by atoms with Gasteiger partial charge in [0.25, 0.3) is 5.91 Å². The van der Waals surface area contributed by atoms with E-state index in [1.165, 1.54) is 12.1 Å². The molecule has 0 saturated heterocycles. The lowest BCUT2D eigenvalue weighted by Crippen LogP contribution is -2.15. The molecule has 1 aliphatic rings. The van der Waals surface area contributed by atoms with Crippen molar-refractivity contribution in [3.8, 4) is 11.3 Å². The minimum absolute atomic E-state index is 0.0816. The molecule has 0 saturated carbocycles. The Balaban J connectivity index is 1.67. The Labute approximate surface area is 157 Å². The highest BCUT2D eigenvalue weighted by Crippen LogP contribution is 2.42. The molecule has 1 aliphatic heterocycles. The molecule has 4 nitrogen and oxygen atoms in total. The van der Waals surface area contributed by atoms with Crippen LogP contribution in [0.4, 0.5) is 18.9 Å². The second kappa shape index (κ2) is 6.45. The van der Waals surface area contributed by atoms with Crippen LogP contribution in [0.15, 0.2) is 53.4 Å². The molecule has 0 atom stereocenters. The van der Waals surface area contributed by atoms with Crippen LogP contribution in [0.2, 0.25) is 0 Å². The van der Waals surface area contributed by atoms with Crippen LogP contribution in [0.5, 0.6) is 0 Å². The van der Waals surface area contributed by atoms with Gasteiger partial charge in [0.05, 0.1) is 11.3 Å². The number of aryl methyl sites for hydroxylation is 1. The van der Waals surface area contributed by atoms with E-state index in [2.05, 4.69) is 10.4 Å². The topological polar surface area (TPSA) is 46.9 Å². The first-order chi connectivity index (χ1) is 12.8. The predicted molar refractivity (Wildman–Crippen MR) is 97.6 cm³/mol. The van der Waals surface area contributed by atoms with Crippen molar-refractivity contribution in [3.63, 3.8) is 0 Å². The summed E-state index contributed by atoms with van der Waals surface area (Å²) >= 11 is 1.61. The number of rotatable bonds is 2. The van der Waals surface area contributed by atoms with Gasteiger partial charge in [-0.2, -0.15) is 18.3 Å². The molecular formula is C19H14F3N3OS. The summed E-state index contributed by atoms with van der Waals surface area (Å²) < 4.78 is 40.2. The highest BCUT2D eigenvalue weighted by atomic mass is 32.2. The Morgan fingerprint density at radius 3 is 2.74 bits per heavy atom. The van der Waals surface area contributed by atoms with E-state index in [9.17, 15) is 18.0 Å². The zero-order chi connectivity index (χ0) is 19.2. The molecule has 4 rings (SSSR count). The lowest BCUT2D eigenvalue weighted by Gasteiger charge is -2.17. The number of carbonyl (C=O) groups excluding carboxylic acids is 1. The number of alkyl halides is 3. The predicted octanol–water partition coefficient (Wildman–Crippen LogP) is 4.96. The van der Waals surface area contributed by atoms with Gasteiger partial charge in [-0.05, 0) is 24.3 Å². The lowest BCUT2D eigenvalue weighted by atomic mass is 10.1. The van der Waals surface area contributed by atoms with Crippen molar-refractivity contribution in [1.29, 1.82) is 0 Å². The molecule has 0 spiro atoms. The molecule has 0 radical (unpaired) electrons.